The van der Waals surface area contributed by atoms with E-state index < -0.39 is 16.0 Å². The number of amides is 1. The van der Waals surface area contributed by atoms with Gasteiger partial charge in [0.2, 0.25) is 5.91 Å². The molecular weight excluding hydrogens is 444 g/mol. The van der Waals surface area contributed by atoms with Crippen molar-refractivity contribution < 1.29 is 23.1 Å². The summed E-state index contributed by atoms with van der Waals surface area (Å²) in [6, 6.07) is 12.5. The number of benzene rings is 2. The molecule has 0 saturated carbocycles. The second-order valence-corrected chi connectivity index (χ2v) is 9.99. The molecule has 176 valence electrons. The first kappa shape index (κ1) is 23.1. The Morgan fingerprint density at radius 1 is 0.909 bits per heavy atom. The third-order valence-electron chi connectivity index (χ3n) is 6.09. The Labute approximate surface area is 193 Å². The average Bonchev–Trinajstić information content (AvgIpc) is 3.35. The monoisotopic (exact) mass is 472 g/mol. The van der Waals surface area contributed by atoms with E-state index in [9.17, 15) is 23.1 Å². The molecule has 2 aromatic rings. The molecule has 0 radical (unpaired) electrons. The van der Waals surface area contributed by atoms with Crippen LogP contribution in [0.2, 0.25) is 0 Å². The van der Waals surface area contributed by atoms with Crippen molar-refractivity contribution in [3.8, 4) is 0 Å². The van der Waals surface area contributed by atoms with Crippen LogP contribution in [-0.2, 0) is 14.8 Å². The van der Waals surface area contributed by atoms with Crippen molar-refractivity contribution in [1.82, 2.24) is 9.80 Å². The molecule has 10 heteroatoms. The highest BCUT2D eigenvalue weighted by Crippen LogP contribution is 2.26. The number of nitrogens with one attached hydrogen (secondary N) is 1. The van der Waals surface area contributed by atoms with E-state index in [1.54, 1.807) is 24.3 Å². The van der Waals surface area contributed by atoms with Crippen molar-refractivity contribution in [2.24, 2.45) is 0 Å². The van der Waals surface area contributed by atoms with Crippen LogP contribution in [-0.4, -0.2) is 81.0 Å². The number of carbonyl (C=O) groups excluding carboxylic acids is 1. The van der Waals surface area contributed by atoms with Crippen LogP contribution in [0.1, 0.15) is 23.2 Å². The van der Waals surface area contributed by atoms with E-state index in [0.717, 1.165) is 25.9 Å². The Hall–Kier alpha value is -3.11. The van der Waals surface area contributed by atoms with Gasteiger partial charge in [-0.15, -0.1) is 0 Å². The first-order valence-electron chi connectivity index (χ1n) is 11.0. The summed E-state index contributed by atoms with van der Waals surface area (Å²) >= 11 is 0. The molecule has 2 N–H and O–H groups in total. The molecule has 4 rings (SSSR count). The van der Waals surface area contributed by atoms with Crippen LogP contribution < -0.4 is 9.62 Å². The maximum Gasteiger partial charge on any atom is 0.337 e. The predicted molar refractivity (Wildman–Crippen MR) is 125 cm³/mol. The molecule has 0 spiro atoms. The van der Waals surface area contributed by atoms with Crippen molar-refractivity contribution in [2.75, 3.05) is 55.4 Å². The summed E-state index contributed by atoms with van der Waals surface area (Å²) in [6.07, 6.45) is 2.14. The highest BCUT2D eigenvalue weighted by Gasteiger charge is 2.25. The third-order valence-corrected chi connectivity index (χ3v) is 7.47. The number of piperazine rings is 1. The predicted octanol–water partition coefficient (Wildman–Crippen LogP) is 1.93. The highest BCUT2D eigenvalue weighted by atomic mass is 32.2. The molecule has 2 fully saturated rings. The van der Waals surface area contributed by atoms with Gasteiger partial charge in [-0.25, -0.2) is 13.2 Å². The van der Waals surface area contributed by atoms with E-state index in [-0.39, 0.29) is 22.1 Å². The molecule has 2 aliphatic rings. The van der Waals surface area contributed by atoms with Gasteiger partial charge in [0, 0.05) is 45.0 Å². The summed E-state index contributed by atoms with van der Waals surface area (Å²) in [5, 5.41) is 9.70. The molecule has 2 heterocycles. The zero-order valence-electron chi connectivity index (χ0n) is 18.3. The van der Waals surface area contributed by atoms with Crippen molar-refractivity contribution in [1.29, 1.82) is 0 Å². The second-order valence-electron chi connectivity index (χ2n) is 8.30. The van der Waals surface area contributed by atoms with Gasteiger partial charge < -0.3 is 14.9 Å². The average molecular weight is 473 g/mol. The van der Waals surface area contributed by atoms with Gasteiger partial charge in [-0.05, 0) is 43.2 Å². The molecule has 0 bridgehead atoms. The molecule has 2 aliphatic heterocycles. The molecule has 0 aliphatic carbocycles. The first-order valence-corrected chi connectivity index (χ1v) is 12.5. The molecule has 33 heavy (non-hydrogen) atoms. The van der Waals surface area contributed by atoms with Gasteiger partial charge in [-0.1, -0.05) is 18.2 Å². The highest BCUT2D eigenvalue weighted by molar-refractivity contribution is 7.92. The fourth-order valence-electron chi connectivity index (χ4n) is 4.22. The molecule has 2 aromatic carbocycles. The summed E-state index contributed by atoms with van der Waals surface area (Å²) in [4.78, 5) is 30.4. The summed E-state index contributed by atoms with van der Waals surface area (Å²) in [6.45, 7) is 4.81. The number of nitrogens with zero attached hydrogens (tertiary/aromatic N) is 3. The van der Waals surface area contributed by atoms with E-state index in [0.29, 0.717) is 38.4 Å². The quantitative estimate of drug-likeness (QED) is 0.634. The van der Waals surface area contributed by atoms with E-state index in [1.807, 2.05) is 4.90 Å². The summed E-state index contributed by atoms with van der Waals surface area (Å²) in [5.74, 6) is -1.04. The lowest BCUT2D eigenvalue weighted by molar-refractivity contribution is -0.131. The van der Waals surface area contributed by atoms with Crippen LogP contribution in [0, 0.1) is 0 Å². The summed E-state index contributed by atoms with van der Waals surface area (Å²) in [5.41, 5.74) is 0.615. The van der Waals surface area contributed by atoms with Crippen LogP contribution in [0.4, 0.5) is 11.4 Å². The number of aromatic carboxylic acids is 1. The Bertz CT molecular complexity index is 1110. The number of hydrogen-bond donors (Lipinski definition) is 2. The molecule has 0 aromatic heterocycles. The molecule has 9 nitrogen and oxygen atoms in total. The summed E-state index contributed by atoms with van der Waals surface area (Å²) < 4.78 is 27.7. The Morgan fingerprint density at radius 2 is 1.58 bits per heavy atom. The maximum absolute atomic E-state index is 12.6. The second kappa shape index (κ2) is 9.80. The lowest BCUT2D eigenvalue weighted by Crippen LogP contribution is -2.49. The van der Waals surface area contributed by atoms with Crippen molar-refractivity contribution in [3.63, 3.8) is 0 Å². The number of carboxylic acid groups (broad SMARTS) is 1. The van der Waals surface area contributed by atoms with E-state index >= 15 is 0 Å². The maximum atomic E-state index is 12.6. The van der Waals surface area contributed by atoms with Gasteiger partial charge in [0.05, 0.1) is 22.7 Å². The van der Waals surface area contributed by atoms with Crippen LogP contribution in [0.5, 0.6) is 0 Å². The van der Waals surface area contributed by atoms with Crippen molar-refractivity contribution >= 4 is 33.3 Å². The fourth-order valence-corrected chi connectivity index (χ4v) is 5.32. The third kappa shape index (κ3) is 5.45. The van der Waals surface area contributed by atoms with Crippen LogP contribution in [0.3, 0.4) is 0 Å². The number of likely N-dealkylation sites (tertiary alicyclic amines) is 1. The van der Waals surface area contributed by atoms with E-state index in [4.69, 9.17) is 0 Å². The van der Waals surface area contributed by atoms with Gasteiger partial charge in [0.15, 0.2) is 0 Å². The van der Waals surface area contributed by atoms with Crippen LogP contribution in [0.25, 0.3) is 0 Å². The molecule has 0 atom stereocenters. The lowest BCUT2D eigenvalue weighted by atomic mass is 10.1. The normalized spacial score (nSPS) is 17.2. The van der Waals surface area contributed by atoms with Gasteiger partial charge >= 0.3 is 5.97 Å². The van der Waals surface area contributed by atoms with E-state index in [2.05, 4.69) is 14.5 Å². The number of sulfonamides is 1. The number of carbonyl (C=O) groups is 2. The van der Waals surface area contributed by atoms with Crippen molar-refractivity contribution in [2.45, 2.75) is 17.7 Å². The van der Waals surface area contributed by atoms with Crippen LogP contribution >= 0.6 is 0 Å². The first-order chi connectivity index (χ1) is 15.8. The molecule has 2 saturated heterocycles. The summed E-state index contributed by atoms with van der Waals surface area (Å²) in [7, 11) is -3.90. The van der Waals surface area contributed by atoms with Crippen molar-refractivity contribution in [3.05, 3.63) is 54.1 Å². The van der Waals surface area contributed by atoms with Gasteiger partial charge in [-0.3, -0.25) is 14.4 Å². The minimum atomic E-state index is -3.90. The fraction of sp³-hybridized carbons (Fsp3) is 0.391. The Morgan fingerprint density at radius 3 is 2.21 bits per heavy atom. The Balaban J connectivity index is 1.42. The van der Waals surface area contributed by atoms with Gasteiger partial charge in [0.1, 0.15) is 0 Å². The topological polar surface area (TPSA) is 110 Å². The Kier molecular flexibility index (Phi) is 6.85. The van der Waals surface area contributed by atoms with E-state index in [1.165, 1.54) is 24.3 Å². The number of hydrogen-bond acceptors (Lipinski definition) is 6. The molecule has 0 unspecified atom stereocenters. The number of anilines is 2. The molecule has 1 amide bonds. The SMILES string of the molecule is O=C(O)c1cc(N2CCN(CC(=O)N3CCCC3)CC2)ccc1NS(=O)(=O)c1ccccc1. The lowest BCUT2D eigenvalue weighted by Gasteiger charge is -2.36. The standard InChI is InChI=1S/C23H28N4O5S/c28-22(27-10-4-5-11-27)17-25-12-14-26(15-13-25)18-8-9-21(20(16-18)23(29)30)24-33(31,32)19-6-2-1-3-7-19/h1-3,6-9,16,24H,4-5,10-15,17H2,(H,29,30). The zero-order chi connectivity index (χ0) is 23.4. The smallest absolute Gasteiger partial charge is 0.337 e. The van der Waals surface area contributed by atoms with Gasteiger partial charge in [0.25, 0.3) is 10.0 Å². The number of rotatable bonds is 7. The van der Waals surface area contributed by atoms with Gasteiger partial charge in [-0.2, -0.15) is 0 Å². The zero-order valence-corrected chi connectivity index (χ0v) is 19.1. The van der Waals surface area contributed by atoms with Crippen LogP contribution in [0.15, 0.2) is 53.4 Å². The minimum absolute atomic E-state index is 0.0185. The largest absolute Gasteiger partial charge is 0.478 e. The molecular formula is C23H28N4O5S. The number of carboxylic acids is 1. The minimum Gasteiger partial charge on any atom is -0.478 e.